The monoisotopic (exact) mass is 473 g/mol. The molecule has 0 saturated heterocycles. The van der Waals surface area contributed by atoms with Crippen molar-refractivity contribution >= 4 is 44.5 Å². The number of methoxy groups -OCH3 is 2. The summed E-state index contributed by atoms with van der Waals surface area (Å²) in [6.07, 6.45) is 0.964. The van der Waals surface area contributed by atoms with Crippen LogP contribution in [0.5, 0.6) is 11.9 Å². The maximum atomic E-state index is 12.7. The summed E-state index contributed by atoms with van der Waals surface area (Å²) in [7, 11) is -1.11. The molecule has 168 valence electrons. The largest absolute Gasteiger partial charge is 0.481 e. The van der Waals surface area contributed by atoms with Crippen molar-refractivity contribution in [2.75, 3.05) is 29.6 Å². The zero-order chi connectivity index (χ0) is 23.1. The molecular weight excluding hydrogens is 450 g/mol. The predicted octanol–water partition coefficient (Wildman–Crippen LogP) is 3.67. The lowest BCUT2D eigenvalue weighted by Gasteiger charge is -2.12. The van der Waals surface area contributed by atoms with E-state index >= 15 is 0 Å². The minimum Gasteiger partial charge on any atom is -0.481 e. The van der Waals surface area contributed by atoms with Crippen LogP contribution in [0, 0.1) is 0 Å². The van der Waals surface area contributed by atoms with Crippen LogP contribution in [0.15, 0.2) is 59.5 Å². The van der Waals surface area contributed by atoms with Gasteiger partial charge in [-0.3, -0.25) is 4.72 Å². The summed E-state index contributed by atoms with van der Waals surface area (Å²) >= 11 is 5.33. The minimum atomic E-state index is -3.89. The number of hydrogen-bond donors (Lipinski definition) is 3. The minimum absolute atomic E-state index is 0.0213. The highest BCUT2D eigenvalue weighted by atomic mass is 32.2. The van der Waals surface area contributed by atoms with Crippen molar-refractivity contribution in [1.82, 2.24) is 9.97 Å². The number of rotatable bonds is 8. The lowest BCUT2D eigenvalue weighted by Crippen LogP contribution is -2.19. The summed E-state index contributed by atoms with van der Waals surface area (Å²) in [6, 6.07) is 15.4. The maximum absolute atomic E-state index is 12.7. The molecule has 0 atom stereocenters. The number of nitrogens with one attached hydrogen (secondary N) is 3. The molecule has 0 fully saturated rings. The van der Waals surface area contributed by atoms with Crippen molar-refractivity contribution in [3.63, 3.8) is 0 Å². The summed E-state index contributed by atoms with van der Waals surface area (Å²) in [5.74, 6) is 0.190. The van der Waals surface area contributed by atoms with Gasteiger partial charge in [-0.25, -0.2) is 8.42 Å². The molecule has 1 heterocycles. The number of sulfonamides is 1. The Balaban J connectivity index is 1.66. The molecule has 0 amide bonds. The molecule has 11 heteroatoms. The first-order valence-electron chi connectivity index (χ1n) is 9.60. The molecule has 0 radical (unpaired) electrons. The lowest BCUT2D eigenvalue weighted by molar-refractivity contribution is 0.353. The maximum Gasteiger partial charge on any atom is 0.321 e. The van der Waals surface area contributed by atoms with Crippen LogP contribution in [0.25, 0.3) is 0 Å². The number of hydrogen-bond acceptors (Lipinski definition) is 7. The Bertz CT molecular complexity index is 1160. The second-order valence-electron chi connectivity index (χ2n) is 6.54. The number of benzene rings is 2. The summed E-state index contributed by atoms with van der Waals surface area (Å²) in [5.41, 5.74) is 2.73. The van der Waals surface area contributed by atoms with Gasteiger partial charge in [0.2, 0.25) is 5.88 Å². The Labute approximate surface area is 192 Å². The molecule has 1 aromatic heterocycles. The van der Waals surface area contributed by atoms with Crippen molar-refractivity contribution in [2.45, 2.75) is 18.2 Å². The third-order valence-electron chi connectivity index (χ3n) is 4.36. The van der Waals surface area contributed by atoms with Crippen LogP contribution in [-0.4, -0.2) is 37.7 Å². The Morgan fingerprint density at radius 3 is 2.06 bits per heavy atom. The zero-order valence-corrected chi connectivity index (χ0v) is 19.4. The lowest BCUT2D eigenvalue weighted by atomic mass is 10.1. The molecule has 0 bridgehead atoms. The number of thiocarbonyl (C=S) groups is 1. The van der Waals surface area contributed by atoms with E-state index in [2.05, 4.69) is 32.2 Å². The van der Waals surface area contributed by atoms with Gasteiger partial charge in [-0.05, 0) is 60.6 Å². The number of nitrogens with zero attached hydrogens (tertiary/aromatic N) is 2. The van der Waals surface area contributed by atoms with E-state index < -0.39 is 10.0 Å². The molecule has 32 heavy (non-hydrogen) atoms. The highest BCUT2D eigenvalue weighted by Gasteiger charge is 2.17. The Hall–Kier alpha value is -3.44. The molecule has 0 saturated carbocycles. The van der Waals surface area contributed by atoms with Gasteiger partial charge in [0.25, 0.3) is 10.0 Å². The molecule has 3 N–H and O–H groups in total. The van der Waals surface area contributed by atoms with E-state index in [1.807, 2.05) is 24.3 Å². The van der Waals surface area contributed by atoms with Gasteiger partial charge in [0.05, 0.1) is 19.1 Å². The SMILES string of the molecule is CCc1ccc(NC(=S)Nc2ccc(S(=O)(=O)Nc3cc(OC)nc(OC)n3)cc2)cc1. The Morgan fingerprint density at radius 1 is 0.938 bits per heavy atom. The highest BCUT2D eigenvalue weighted by Crippen LogP contribution is 2.21. The topological polar surface area (TPSA) is 114 Å². The van der Waals surface area contributed by atoms with Gasteiger partial charge in [-0.1, -0.05) is 19.1 Å². The molecule has 0 aliphatic heterocycles. The van der Waals surface area contributed by atoms with E-state index in [-0.39, 0.29) is 22.6 Å². The molecule has 3 rings (SSSR count). The highest BCUT2D eigenvalue weighted by molar-refractivity contribution is 7.92. The first-order valence-corrected chi connectivity index (χ1v) is 11.5. The van der Waals surface area contributed by atoms with Gasteiger partial charge in [0, 0.05) is 17.4 Å². The quantitative estimate of drug-likeness (QED) is 0.422. The van der Waals surface area contributed by atoms with E-state index in [4.69, 9.17) is 21.7 Å². The van der Waals surface area contributed by atoms with Crippen LogP contribution >= 0.6 is 12.2 Å². The second-order valence-corrected chi connectivity index (χ2v) is 8.63. The molecule has 3 aromatic rings. The van der Waals surface area contributed by atoms with Crippen molar-refractivity contribution in [1.29, 1.82) is 0 Å². The van der Waals surface area contributed by atoms with Crippen LogP contribution in [0.4, 0.5) is 17.2 Å². The molecule has 0 aliphatic carbocycles. The number of aromatic nitrogens is 2. The molecule has 0 spiro atoms. The summed E-state index contributed by atoms with van der Waals surface area (Å²) in [4.78, 5) is 7.96. The third kappa shape index (κ3) is 6.05. The van der Waals surface area contributed by atoms with E-state index in [0.717, 1.165) is 12.1 Å². The smallest absolute Gasteiger partial charge is 0.321 e. The van der Waals surface area contributed by atoms with Crippen molar-refractivity contribution < 1.29 is 17.9 Å². The van der Waals surface area contributed by atoms with Crippen molar-refractivity contribution in [3.8, 4) is 11.9 Å². The first-order chi connectivity index (χ1) is 15.3. The van der Waals surface area contributed by atoms with Gasteiger partial charge in [0.15, 0.2) is 10.9 Å². The predicted molar refractivity (Wildman–Crippen MR) is 128 cm³/mol. The molecule has 0 unspecified atom stereocenters. The fourth-order valence-electron chi connectivity index (χ4n) is 2.68. The average Bonchev–Trinajstić information content (AvgIpc) is 2.79. The van der Waals surface area contributed by atoms with Crippen LogP contribution in [-0.2, 0) is 16.4 Å². The summed E-state index contributed by atoms with van der Waals surface area (Å²) in [5, 5.41) is 6.51. The van der Waals surface area contributed by atoms with Gasteiger partial charge in [0.1, 0.15) is 0 Å². The van der Waals surface area contributed by atoms with E-state index in [1.165, 1.54) is 38.0 Å². The summed E-state index contributed by atoms with van der Waals surface area (Å²) < 4.78 is 37.8. The van der Waals surface area contributed by atoms with Crippen LogP contribution < -0.4 is 24.8 Å². The molecule has 2 aromatic carbocycles. The second kappa shape index (κ2) is 10.2. The standard InChI is InChI=1S/C21H23N5O4S2/c1-4-14-5-7-15(8-6-14)22-21(31)23-16-9-11-17(12-10-16)32(27,28)26-18-13-19(29-2)25-20(24-18)30-3/h5-13H,4H2,1-3H3,(H2,22,23,31)(H,24,25,26). The van der Waals surface area contributed by atoms with E-state index in [9.17, 15) is 8.42 Å². The number of ether oxygens (including phenoxy) is 2. The number of anilines is 3. The molecule has 0 aliphatic rings. The fourth-order valence-corrected chi connectivity index (χ4v) is 3.91. The van der Waals surface area contributed by atoms with Crippen LogP contribution in [0.1, 0.15) is 12.5 Å². The Morgan fingerprint density at radius 2 is 1.53 bits per heavy atom. The first kappa shape index (κ1) is 23.2. The normalized spacial score (nSPS) is 10.8. The fraction of sp³-hybridized carbons (Fsp3) is 0.190. The third-order valence-corrected chi connectivity index (χ3v) is 5.93. The zero-order valence-electron chi connectivity index (χ0n) is 17.7. The van der Waals surface area contributed by atoms with E-state index in [0.29, 0.717) is 10.8 Å². The van der Waals surface area contributed by atoms with Crippen molar-refractivity contribution in [2.24, 2.45) is 0 Å². The van der Waals surface area contributed by atoms with Crippen LogP contribution in [0.3, 0.4) is 0 Å². The van der Waals surface area contributed by atoms with Gasteiger partial charge >= 0.3 is 6.01 Å². The van der Waals surface area contributed by atoms with Gasteiger partial charge in [-0.2, -0.15) is 9.97 Å². The number of aryl methyl sites for hydroxylation is 1. The van der Waals surface area contributed by atoms with Crippen molar-refractivity contribution in [3.05, 3.63) is 60.2 Å². The van der Waals surface area contributed by atoms with Gasteiger partial charge in [-0.15, -0.1) is 0 Å². The van der Waals surface area contributed by atoms with Crippen LogP contribution in [0.2, 0.25) is 0 Å². The molecular formula is C21H23N5O4S2. The Kier molecular flexibility index (Phi) is 7.44. The van der Waals surface area contributed by atoms with Gasteiger partial charge < -0.3 is 20.1 Å². The summed E-state index contributed by atoms with van der Waals surface area (Å²) in [6.45, 7) is 2.09. The molecule has 9 nitrogen and oxygen atoms in total. The average molecular weight is 474 g/mol. The van der Waals surface area contributed by atoms with E-state index in [1.54, 1.807) is 12.1 Å².